The summed E-state index contributed by atoms with van der Waals surface area (Å²) >= 11 is 1.75. The predicted octanol–water partition coefficient (Wildman–Crippen LogP) is 4.30. The third-order valence-corrected chi connectivity index (χ3v) is 5.90. The van der Waals surface area contributed by atoms with E-state index in [2.05, 4.69) is 15.6 Å². The summed E-state index contributed by atoms with van der Waals surface area (Å²) in [6, 6.07) is 6.66. The summed E-state index contributed by atoms with van der Waals surface area (Å²) in [5.74, 6) is 1.68. The molecule has 1 aromatic rings. The zero-order valence-electron chi connectivity index (χ0n) is 15.7. The van der Waals surface area contributed by atoms with Gasteiger partial charge in [-0.1, -0.05) is 6.42 Å². The Balaban J connectivity index is 0.00000338. The van der Waals surface area contributed by atoms with Crippen LogP contribution in [0.15, 0.2) is 34.2 Å². The second-order valence-corrected chi connectivity index (χ2v) is 7.77. The molecule has 0 aromatic heterocycles. The average molecular weight is 495 g/mol. The molecule has 0 unspecified atom stereocenters. The minimum atomic E-state index is -0.185. The molecule has 4 nitrogen and oxygen atoms in total. The second kappa shape index (κ2) is 12.8. The van der Waals surface area contributed by atoms with Gasteiger partial charge in [0.05, 0.1) is 0 Å². The van der Waals surface area contributed by atoms with Crippen LogP contribution in [0.2, 0.25) is 0 Å². The van der Waals surface area contributed by atoms with Crippen LogP contribution in [0.5, 0.6) is 0 Å². The number of nitrogens with one attached hydrogen (secondary N) is 2. The van der Waals surface area contributed by atoms with Crippen molar-refractivity contribution < 1.29 is 9.13 Å². The summed E-state index contributed by atoms with van der Waals surface area (Å²) in [7, 11) is 3.58. The summed E-state index contributed by atoms with van der Waals surface area (Å²) in [5.41, 5.74) is 0.381. The van der Waals surface area contributed by atoms with Crippen LogP contribution in [0.3, 0.4) is 0 Å². The molecule has 26 heavy (non-hydrogen) atoms. The number of benzene rings is 1. The predicted molar refractivity (Wildman–Crippen MR) is 119 cm³/mol. The molecule has 1 saturated carbocycles. The van der Waals surface area contributed by atoms with Crippen LogP contribution in [0.1, 0.15) is 32.1 Å². The molecule has 7 heteroatoms. The molecule has 0 bridgehead atoms. The van der Waals surface area contributed by atoms with Crippen molar-refractivity contribution in [3.63, 3.8) is 0 Å². The zero-order valence-corrected chi connectivity index (χ0v) is 18.9. The van der Waals surface area contributed by atoms with Crippen molar-refractivity contribution in [2.75, 3.05) is 39.6 Å². The Morgan fingerprint density at radius 2 is 2.00 bits per heavy atom. The van der Waals surface area contributed by atoms with Gasteiger partial charge in [-0.15, -0.1) is 35.7 Å². The van der Waals surface area contributed by atoms with Gasteiger partial charge in [0.2, 0.25) is 0 Å². The Kier molecular flexibility index (Phi) is 11.5. The van der Waals surface area contributed by atoms with Gasteiger partial charge in [-0.2, -0.15) is 0 Å². The summed E-state index contributed by atoms with van der Waals surface area (Å²) in [6.07, 6.45) is 6.00. The second-order valence-electron chi connectivity index (χ2n) is 6.60. The van der Waals surface area contributed by atoms with Gasteiger partial charge in [0.25, 0.3) is 0 Å². The number of halogens is 2. The first-order valence-corrected chi connectivity index (χ1v) is 9.98. The summed E-state index contributed by atoms with van der Waals surface area (Å²) < 4.78 is 18.1. The third kappa shape index (κ3) is 8.00. The van der Waals surface area contributed by atoms with E-state index in [0.29, 0.717) is 5.41 Å². The minimum absolute atomic E-state index is 0. The zero-order chi connectivity index (χ0) is 18.0. The lowest BCUT2D eigenvalue weighted by Crippen LogP contribution is -2.47. The molecule has 1 aliphatic carbocycles. The molecule has 2 rings (SSSR count). The van der Waals surface area contributed by atoms with E-state index < -0.39 is 0 Å². The van der Waals surface area contributed by atoms with E-state index in [4.69, 9.17) is 4.74 Å². The smallest absolute Gasteiger partial charge is 0.190 e. The van der Waals surface area contributed by atoms with E-state index >= 15 is 0 Å². The highest BCUT2D eigenvalue weighted by atomic mass is 127. The van der Waals surface area contributed by atoms with E-state index in [0.717, 1.165) is 49.1 Å². The molecule has 2 N–H and O–H groups in total. The molecule has 0 aliphatic heterocycles. The number of ether oxygens (including phenoxy) is 1. The topological polar surface area (TPSA) is 45.7 Å². The molecule has 148 valence electrons. The van der Waals surface area contributed by atoms with Gasteiger partial charge in [0, 0.05) is 38.7 Å². The fourth-order valence-corrected chi connectivity index (χ4v) is 3.86. The summed E-state index contributed by atoms with van der Waals surface area (Å²) in [6.45, 7) is 2.66. The van der Waals surface area contributed by atoms with Crippen LogP contribution in [0.25, 0.3) is 0 Å². The number of thioether (sulfide) groups is 1. The number of hydrogen-bond donors (Lipinski definition) is 2. The first kappa shape index (κ1) is 23.5. The van der Waals surface area contributed by atoms with Crippen molar-refractivity contribution in [3.05, 3.63) is 30.1 Å². The Labute approximate surface area is 178 Å². The van der Waals surface area contributed by atoms with Gasteiger partial charge >= 0.3 is 0 Å². The van der Waals surface area contributed by atoms with Crippen LogP contribution in [0, 0.1) is 11.2 Å². The maximum atomic E-state index is 12.9. The van der Waals surface area contributed by atoms with Gasteiger partial charge in [0.15, 0.2) is 5.96 Å². The van der Waals surface area contributed by atoms with Crippen LogP contribution < -0.4 is 10.6 Å². The van der Waals surface area contributed by atoms with E-state index in [9.17, 15) is 4.39 Å². The minimum Gasteiger partial charge on any atom is -0.385 e. The van der Waals surface area contributed by atoms with Crippen LogP contribution in [-0.4, -0.2) is 45.6 Å². The fraction of sp³-hybridized carbons (Fsp3) is 0.632. The normalized spacial score (nSPS) is 15.7. The molecular formula is C19H31FIN3OS. The number of rotatable bonds is 10. The highest BCUT2D eigenvalue weighted by molar-refractivity contribution is 14.0. The van der Waals surface area contributed by atoms with E-state index in [1.165, 1.54) is 31.4 Å². The Morgan fingerprint density at radius 3 is 2.58 bits per heavy atom. The molecule has 1 fully saturated rings. The quantitative estimate of drug-likeness (QED) is 0.167. The van der Waals surface area contributed by atoms with Crippen LogP contribution in [-0.2, 0) is 4.74 Å². The molecule has 0 spiro atoms. The van der Waals surface area contributed by atoms with Gasteiger partial charge in [0.1, 0.15) is 5.82 Å². The highest BCUT2D eigenvalue weighted by Gasteiger charge is 2.36. The third-order valence-electron chi connectivity index (χ3n) is 4.80. The maximum Gasteiger partial charge on any atom is 0.190 e. The highest BCUT2D eigenvalue weighted by Crippen LogP contribution is 2.43. The standard InChI is InChI=1S/C19H30FN3OS.HI/c1-21-18(23-15-19(9-3-10-19)11-13-24-2)22-12-4-14-25-17-7-5-16(20)6-8-17;/h5-8H,3-4,9-15H2,1-2H3,(H2,21,22,23);1H. The molecule has 0 atom stereocenters. The van der Waals surface area contributed by atoms with Crippen molar-refractivity contribution in [2.24, 2.45) is 10.4 Å². The van der Waals surface area contributed by atoms with Crippen LogP contribution >= 0.6 is 35.7 Å². The first-order valence-electron chi connectivity index (χ1n) is 8.99. The summed E-state index contributed by atoms with van der Waals surface area (Å²) in [4.78, 5) is 5.42. The van der Waals surface area contributed by atoms with E-state index in [1.54, 1.807) is 18.9 Å². The fourth-order valence-electron chi connectivity index (χ4n) is 3.00. The average Bonchev–Trinajstić information content (AvgIpc) is 2.60. The Hall–Kier alpha value is -0.540. The van der Waals surface area contributed by atoms with Crippen molar-refractivity contribution in [2.45, 2.75) is 37.0 Å². The van der Waals surface area contributed by atoms with Crippen molar-refractivity contribution >= 4 is 41.7 Å². The summed E-state index contributed by atoms with van der Waals surface area (Å²) in [5, 5.41) is 6.85. The monoisotopic (exact) mass is 495 g/mol. The SMILES string of the molecule is CN=C(NCCCSc1ccc(F)cc1)NCC1(CCOC)CCC1.I. The number of hydrogen-bond acceptors (Lipinski definition) is 3. The van der Waals surface area contributed by atoms with Gasteiger partial charge < -0.3 is 15.4 Å². The van der Waals surface area contributed by atoms with Crippen molar-refractivity contribution in [1.82, 2.24) is 10.6 Å². The van der Waals surface area contributed by atoms with Crippen LogP contribution in [0.4, 0.5) is 4.39 Å². The number of nitrogens with zero attached hydrogens (tertiary/aromatic N) is 1. The lowest BCUT2D eigenvalue weighted by Gasteiger charge is -2.42. The van der Waals surface area contributed by atoms with E-state index in [1.807, 2.05) is 19.2 Å². The van der Waals surface area contributed by atoms with E-state index in [-0.39, 0.29) is 29.8 Å². The molecule has 1 aromatic carbocycles. The molecule has 0 amide bonds. The number of methoxy groups -OCH3 is 1. The van der Waals surface area contributed by atoms with Gasteiger partial charge in [-0.05, 0) is 61.1 Å². The molecule has 1 aliphatic rings. The van der Waals surface area contributed by atoms with Crippen molar-refractivity contribution in [3.8, 4) is 0 Å². The maximum absolute atomic E-state index is 12.9. The molecule has 0 saturated heterocycles. The largest absolute Gasteiger partial charge is 0.385 e. The number of aliphatic imine (C=N–C) groups is 1. The first-order chi connectivity index (χ1) is 12.2. The molecular weight excluding hydrogens is 464 g/mol. The Bertz CT molecular complexity index is 538. The van der Waals surface area contributed by atoms with Crippen molar-refractivity contribution in [1.29, 1.82) is 0 Å². The lowest BCUT2D eigenvalue weighted by atomic mass is 9.67. The number of guanidine groups is 1. The molecule has 0 radical (unpaired) electrons. The Morgan fingerprint density at radius 1 is 1.27 bits per heavy atom. The van der Waals surface area contributed by atoms with Gasteiger partial charge in [-0.3, -0.25) is 4.99 Å². The van der Waals surface area contributed by atoms with Gasteiger partial charge in [-0.25, -0.2) is 4.39 Å². The lowest BCUT2D eigenvalue weighted by molar-refractivity contribution is 0.0732. The molecule has 0 heterocycles.